The Kier molecular flexibility index (Phi) is 3.76. The minimum Gasteiger partial charge on any atom is -0.375 e. The number of hydrogen-bond acceptors (Lipinski definition) is 5. The Morgan fingerprint density at radius 3 is 2.86 bits per heavy atom. The standard InChI is InChI=1S/C14H20N5OP/c1-2-7-13-12(6-1)15-16-19(13)20-14-8-5-11-18(14)21-17-9-3-4-10-17/h1-2,6-7,14,21H,3-5,8-11H2. The van der Waals surface area contributed by atoms with Crippen LogP contribution in [0.4, 0.5) is 0 Å². The summed E-state index contributed by atoms with van der Waals surface area (Å²) in [6.45, 7) is 3.58. The molecule has 2 fully saturated rings. The van der Waals surface area contributed by atoms with Gasteiger partial charge in [0.15, 0.2) is 6.23 Å². The Bertz CT molecular complexity index is 612. The molecule has 21 heavy (non-hydrogen) atoms. The lowest BCUT2D eigenvalue weighted by Crippen LogP contribution is -2.35. The van der Waals surface area contributed by atoms with E-state index in [0.29, 0.717) is 0 Å². The molecule has 2 atom stereocenters. The summed E-state index contributed by atoms with van der Waals surface area (Å²) < 4.78 is 4.99. The van der Waals surface area contributed by atoms with E-state index in [1.165, 1.54) is 32.4 Å². The third kappa shape index (κ3) is 2.76. The highest BCUT2D eigenvalue weighted by Crippen LogP contribution is 2.34. The molecular weight excluding hydrogens is 285 g/mol. The predicted molar refractivity (Wildman–Crippen MR) is 83.0 cm³/mol. The molecule has 2 aromatic rings. The fourth-order valence-electron chi connectivity index (χ4n) is 3.00. The zero-order chi connectivity index (χ0) is 14.1. The highest BCUT2D eigenvalue weighted by Gasteiger charge is 2.29. The molecule has 0 radical (unpaired) electrons. The van der Waals surface area contributed by atoms with Gasteiger partial charge in [-0.1, -0.05) is 17.0 Å². The normalized spacial score (nSPS) is 24.7. The van der Waals surface area contributed by atoms with Crippen molar-refractivity contribution in [2.24, 2.45) is 0 Å². The first-order valence-corrected chi connectivity index (χ1v) is 8.55. The van der Waals surface area contributed by atoms with Crippen LogP contribution in [0.1, 0.15) is 25.7 Å². The molecule has 112 valence electrons. The maximum absolute atomic E-state index is 6.10. The minimum absolute atomic E-state index is 0.119. The molecule has 2 unspecified atom stereocenters. The van der Waals surface area contributed by atoms with E-state index in [1.54, 1.807) is 4.85 Å². The second kappa shape index (κ2) is 5.87. The molecule has 1 aromatic heterocycles. The zero-order valence-electron chi connectivity index (χ0n) is 12.0. The first kappa shape index (κ1) is 13.4. The topological polar surface area (TPSA) is 46.4 Å². The van der Waals surface area contributed by atoms with E-state index in [4.69, 9.17) is 4.84 Å². The van der Waals surface area contributed by atoms with Crippen LogP contribution in [0.2, 0.25) is 0 Å². The molecule has 1 aromatic carbocycles. The van der Waals surface area contributed by atoms with Gasteiger partial charge >= 0.3 is 0 Å². The quantitative estimate of drug-likeness (QED) is 0.807. The van der Waals surface area contributed by atoms with Crippen molar-refractivity contribution in [2.75, 3.05) is 19.6 Å². The van der Waals surface area contributed by atoms with Gasteiger partial charge in [0.25, 0.3) is 0 Å². The highest BCUT2D eigenvalue weighted by atomic mass is 31.1. The maximum atomic E-state index is 6.10. The Hall–Kier alpha value is -1.23. The van der Waals surface area contributed by atoms with Crippen LogP contribution < -0.4 is 4.84 Å². The molecular formula is C14H20N5OP. The molecule has 0 aliphatic carbocycles. The van der Waals surface area contributed by atoms with Crippen molar-refractivity contribution in [3.05, 3.63) is 24.3 Å². The molecule has 0 spiro atoms. The molecule has 6 nitrogen and oxygen atoms in total. The van der Waals surface area contributed by atoms with Gasteiger partial charge < -0.3 is 4.84 Å². The van der Waals surface area contributed by atoms with Crippen molar-refractivity contribution < 1.29 is 4.84 Å². The number of hydrogen-bond donors (Lipinski definition) is 0. The van der Waals surface area contributed by atoms with Crippen LogP contribution in [-0.2, 0) is 0 Å². The van der Waals surface area contributed by atoms with Gasteiger partial charge in [-0.05, 0) is 36.6 Å². The van der Waals surface area contributed by atoms with Crippen molar-refractivity contribution in [1.82, 2.24) is 24.5 Å². The van der Waals surface area contributed by atoms with Crippen LogP contribution in [0.5, 0.6) is 0 Å². The number of fused-ring (bicyclic) bond motifs is 1. The van der Waals surface area contributed by atoms with Crippen molar-refractivity contribution in [2.45, 2.75) is 31.9 Å². The molecule has 0 saturated carbocycles. The second-order valence-corrected chi connectivity index (χ2v) is 7.05. The Morgan fingerprint density at radius 2 is 1.95 bits per heavy atom. The summed E-state index contributed by atoms with van der Waals surface area (Å²) >= 11 is 0. The molecule has 4 rings (SSSR count). The maximum Gasteiger partial charge on any atom is 0.185 e. The lowest BCUT2D eigenvalue weighted by Gasteiger charge is -2.27. The molecule has 0 amide bonds. The van der Waals surface area contributed by atoms with Gasteiger partial charge in [-0.3, -0.25) is 4.67 Å². The van der Waals surface area contributed by atoms with Crippen LogP contribution in [0, 0.1) is 0 Å². The second-order valence-electron chi connectivity index (χ2n) is 5.64. The zero-order valence-corrected chi connectivity index (χ0v) is 13.0. The van der Waals surface area contributed by atoms with Gasteiger partial charge in [0.1, 0.15) is 11.0 Å². The fourth-order valence-corrected chi connectivity index (χ4v) is 4.44. The van der Waals surface area contributed by atoms with Crippen molar-refractivity contribution in [1.29, 1.82) is 0 Å². The van der Waals surface area contributed by atoms with Gasteiger partial charge in [0.05, 0.1) is 0 Å². The van der Waals surface area contributed by atoms with E-state index < -0.39 is 0 Å². The molecule has 2 aliphatic rings. The van der Waals surface area contributed by atoms with E-state index >= 15 is 0 Å². The first-order chi connectivity index (χ1) is 10.4. The number of nitrogens with zero attached hydrogens (tertiary/aromatic N) is 5. The molecule has 0 bridgehead atoms. The average Bonchev–Trinajstić information content (AvgIpc) is 3.23. The van der Waals surface area contributed by atoms with Crippen LogP contribution >= 0.6 is 8.88 Å². The van der Waals surface area contributed by atoms with Crippen molar-refractivity contribution >= 4 is 19.9 Å². The Labute approximate surface area is 125 Å². The summed E-state index contributed by atoms with van der Waals surface area (Å²) in [6, 6.07) is 7.92. The molecule has 3 heterocycles. The number of benzene rings is 1. The van der Waals surface area contributed by atoms with Gasteiger partial charge in [-0.15, -0.1) is 5.10 Å². The lowest BCUT2D eigenvalue weighted by atomic mass is 10.3. The summed E-state index contributed by atoms with van der Waals surface area (Å²) in [5.74, 6) is 0. The molecule has 2 aliphatic heterocycles. The van der Waals surface area contributed by atoms with Crippen LogP contribution in [0.25, 0.3) is 11.0 Å². The molecule has 7 heteroatoms. The lowest BCUT2D eigenvalue weighted by molar-refractivity contribution is -0.0230. The van der Waals surface area contributed by atoms with Gasteiger partial charge in [-0.25, -0.2) is 4.67 Å². The van der Waals surface area contributed by atoms with Crippen LogP contribution in [-0.4, -0.2) is 50.4 Å². The van der Waals surface area contributed by atoms with E-state index in [0.717, 1.165) is 32.9 Å². The largest absolute Gasteiger partial charge is 0.375 e. The van der Waals surface area contributed by atoms with E-state index in [1.807, 2.05) is 24.3 Å². The monoisotopic (exact) mass is 305 g/mol. The average molecular weight is 305 g/mol. The van der Waals surface area contributed by atoms with Crippen molar-refractivity contribution in [3.63, 3.8) is 0 Å². The van der Waals surface area contributed by atoms with Crippen LogP contribution in [0.3, 0.4) is 0 Å². The molecule has 0 N–H and O–H groups in total. The number of aromatic nitrogens is 3. The van der Waals surface area contributed by atoms with E-state index in [9.17, 15) is 0 Å². The van der Waals surface area contributed by atoms with Crippen LogP contribution in [0.15, 0.2) is 24.3 Å². The van der Waals surface area contributed by atoms with E-state index in [2.05, 4.69) is 19.7 Å². The summed E-state index contributed by atoms with van der Waals surface area (Å²) in [5.41, 5.74) is 1.82. The smallest absolute Gasteiger partial charge is 0.185 e. The fraction of sp³-hybridized carbons (Fsp3) is 0.571. The van der Waals surface area contributed by atoms with Gasteiger partial charge in [0.2, 0.25) is 0 Å². The van der Waals surface area contributed by atoms with Gasteiger partial charge in [0, 0.05) is 34.9 Å². The summed E-state index contributed by atoms with van der Waals surface area (Å²) in [4.78, 5) is 7.69. The summed E-state index contributed by atoms with van der Waals surface area (Å²) in [5, 5.41) is 8.28. The first-order valence-electron chi connectivity index (χ1n) is 7.66. The predicted octanol–water partition coefficient (Wildman–Crippen LogP) is 1.89. The summed E-state index contributed by atoms with van der Waals surface area (Å²) in [6.07, 6.45) is 5.04. The minimum atomic E-state index is 0.119. The van der Waals surface area contributed by atoms with Gasteiger partial charge in [-0.2, -0.15) is 0 Å². The Balaban J connectivity index is 1.47. The summed E-state index contributed by atoms with van der Waals surface area (Å²) in [7, 11) is 0.738. The van der Waals surface area contributed by atoms with Crippen molar-refractivity contribution in [3.8, 4) is 0 Å². The third-order valence-corrected chi connectivity index (χ3v) is 5.62. The third-order valence-electron chi connectivity index (χ3n) is 4.12. The number of rotatable bonds is 4. The number of para-hydroxylation sites is 1. The highest BCUT2D eigenvalue weighted by molar-refractivity contribution is 7.32. The SMILES string of the molecule is c1ccc2c(c1)nnn2OC1CCCN1PN1CCCC1. The van der Waals surface area contributed by atoms with E-state index in [-0.39, 0.29) is 6.23 Å². The Morgan fingerprint density at radius 1 is 1.10 bits per heavy atom. The molecule has 2 saturated heterocycles.